The second kappa shape index (κ2) is 10.8. The van der Waals surface area contributed by atoms with Crippen molar-refractivity contribution in [3.8, 4) is 28.0 Å². The average molecular weight is 392 g/mol. The van der Waals surface area contributed by atoms with Crippen molar-refractivity contribution in [1.29, 1.82) is 0 Å². The highest BCUT2D eigenvalue weighted by atomic mass is 19.1. The fraction of sp³-hybridized carbons (Fsp3) is 0.308. The predicted octanol–water partition coefficient (Wildman–Crippen LogP) is 6.62. The third-order valence-corrected chi connectivity index (χ3v) is 5.08. The summed E-state index contributed by atoms with van der Waals surface area (Å²) in [6.45, 7) is 3.59. The maximum absolute atomic E-state index is 14.8. The van der Waals surface area contributed by atoms with E-state index in [1.165, 1.54) is 5.56 Å². The van der Waals surface area contributed by atoms with E-state index in [1.807, 2.05) is 48.5 Å². The Hall–Kier alpha value is -2.65. The topological polar surface area (TPSA) is 35.2 Å². The van der Waals surface area contributed by atoms with Gasteiger partial charge < -0.3 is 10.5 Å². The molecule has 0 spiro atoms. The van der Waals surface area contributed by atoms with Gasteiger partial charge in [0.1, 0.15) is 11.6 Å². The summed E-state index contributed by atoms with van der Waals surface area (Å²) in [6.07, 6.45) is 5.29. The molecule has 0 aliphatic rings. The highest BCUT2D eigenvalue weighted by molar-refractivity contribution is 5.71. The summed E-state index contributed by atoms with van der Waals surface area (Å²) in [4.78, 5) is 0. The molecular weight excluding hydrogens is 361 g/mol. The molecule has 0 saturated carbocycles. The van der Waals surface area contributed by atoms with E-state index in [2.05, 4.69) is 19.1 Å². The fourth-order valence-corrected chi connectivity index (χ4v) is 3.43. The molecule has 0 atom stereocenters. The van der Waals surface area contributed by atoms with Crippen LogP contribution in [0.4, 0.5) is 4.39 Å². The molecule has 3 aromatic carbocycles. The molecule has 0 unspecified atom stereocenters. The molecule has 0 radical (unpaired) electrons. The van der Waals surface area contributed by atoms with E-state index in [0.717, 1.165) is 61.1 Å². The molecule has 29 heavy (non-hydrogen) atoms. The molecule has 0 bridgehead atoms. The van der Waals surface area contributed by atoms with Crippen molar-refractivity contribution < 1.29 is 9.13 Å². The van der Waals surface area contributed by atoms with E-state index in [4.69, 9.17) is 10.5 Å². The molecule has 3 aromatic rings. The van der Waals surface area contributed by atoms with Crippen LogP contribution in [0.15, 0.2) is 66.7 Å². The SMILES string of the molecule is CCCc1ccc(-c2ccc(-c3ccc(OCCCCCN)cc3)cc2F)cc1. The number of nitrogens with two attached hydrogens (primary N) is 1. The smallest absolute Gasteiger partial charge is 0.131 e. The lowest BCUT2D eigenvalue weighted by Crippen LogP contribution is -2.01. The minimum absolute atomic E-state index is 0.203. The van der Waals surface area contributed by atoms with Crippen molar-refractivity contribution in [1.82, 2.24) is 0 Å². The van der Waals surface area contributed by atoms with Gasteiger partial charge in [0.15, 0.2) is 0 Å². The van der Waals surface area contributed by atoms with Crippen molar-refractivity contribution in [2.75, 3.05) is 13.2 Å². The van der Waals surface area contributed by atoms with Crippen LogP contribution >= 0.6 is 0 Å². The number of halogens is 1. The van der Waals surface area contributed by atoms with Crippen molar-refractivity contribution in [2.24, 2.45) is 5.73 Å². The maximum atomic E-state index is 14.8. The number of benzene rings is 3. The first-order valence-corrected chi connectivity index (χ1v) is 10.5. The lowest BCUT2D eigenvalue weighted by Gasteiger charge is -2.09. The Bertz CT molecular complexity index is 888. The highest BCUT2D eigenvalue weighted by Gasteiger charge is 2.08. The van der Waals surface area contributed by atoms with Crippen LogP contribution in [-0.2, 0) is 6.42 Å². The molecule has 0 amide bonds. The molecule has 0 fully saturated rings. The van der Waals surface area contributed by atoms with E-state index in [-0.39, 0.29) is 5.82 Å². The van der Waals surface area contributed by atoms with E-state index in [9.17, 15) is 4.39 Å². The van der Waals surface area contributed by atoms with Crippen molar-refractivity contribution >= 4 is 0 Å². The summed E-state index contributed by atoms with van der Waals surface area (Å²) < 4.78 is 20.5. The first-order valence-electron chi connectivity index (χ1n) is 10.5. The van der Waals surface area contributed by atoms with Crippen LogP contribution in [0.1, 0.15) is 38.2 Å². The number of unbranched alkanes of at least 4 members (excludes halogenated alkanes) is 2. The minimum atomic E-state index is -0.203. The van der Waals surface area contributed by atoms with Crippen molar-refractivity contribution in [3.63, 3.8) is 0 Å². The van der Waals surface area contributed by atoms with Gasteiger partial charge in [0.2, 0.25) is 0 Å². The van der Waals surface area contributed by atoms with E-state index in [0.29, 0.717) is 12.2 Å². The van der Waals surface area contributed by atoms with Gasteiger partial charge in [-0.2, -0.15) is 0 Å². The molecule has 0 aliphatic heterocycles. The van der Waals surface area contributed by atoms with Gasteiger partial charge in [-0.1, -0.05) is 61.9 Å². The average Bonchev–Trinajstić information content (AvgIpc) is 2.75. The normalized spacial score (nSPS) is 10.9. The monoisotopic (exact) mass is 391 g/mol. The molecule has 3 rings (SSSR count). The summed E-state index contributed by atoms with van der Waals surface area (Å²) in [6, 6.07) is 21.5. The minimum Gasteiger partial charge on any atom is -0.494 e. The zero-order chi connectivity index (χ0) is 20.5. The summed E-state index contributed by atoms with van der Waals surface area (Å²) in [5.74, 6) is 0.636. The largest absolute Gasteiger partial charge is 0.494 e. The maximum Gasteiger partial charge on any atom is 0.131 e. The zero-order valence-corrected chi connectivity index (χ0v) is 17.2. The standard InChI is InChI=1S/C26H30FNO/c1-2-6-20-7-9-22(10-8-20)25-16-13-23(19-26(25)27)21-11-14-24(15-12-21)29-18-5-3-4-17-28/h7-16,19H,2-6,17-18,28H2,1H3. The molecule has 0 aliphatic carbocycles. The Morgan fingerprint density at radius 2 is 1.48 bits per heavy atom. The second-order valence-corrected chi connectivity index (χ2v) is 7.36. The van der Waals surface area contributed by atoms with Crippen molar-refractivity contribution in [2.45, 2.75) is 39.0 Å². The Kier molecular flexibility index (Phi) is 7.83. The number of rotatable bonds is 10. The lowest BCUT2D eigenvalue weighted by atomic mass is 9.98. The van der Waals surface area contributed by atoms with Crippen LogP contribution < -0.4 is 10.5 Å². The Morgan fingerprint density at radius 1 is 0.793 bits per heavy atom. The second-order valence-electron chi connectivity index (χ2n) is 7.36. The van der Waals surface area contributed by atoms with Gasteiger partial charge >= 0.3 is 0 Å². The van der Waals surface area contributed by atoms with Crippen LogP contribution in [0.2, 0.25) is 0 Å². The highest BCUT2D eigenvalue weighted by Crippen LogP contribution is 2.29. The van der Waals surface area contributed by atoms with Crippen LogP contribution in [-0.4, -0.2) is 13.2 Å². The van der Waals surface area contributed by atoms with Crippen LogP contribution in [0.25, 0.3) is 22.3 Å². The van der Waals surface area contributed by atoms with Crippen molar-refractivity contribution in [3.05, 3.63) is 78.1 Å². The molecule has 0 saturated heterocycles. The van der Waals surface area contributed by atoms with Gasteiger partial charge in [-0.05, 0) is 72.7 Å². The summed E-state index contributed by atoms with van der Waals surface area (Å²) in [7, 11) is 0. The van der Waals surface area contributed by atoms with E-state index >= 15 is 0 Å². The number of aryl methyl sites for hydroxylation is 1. The van der Waals surface area contributed by atoms with Gasteiger partial charge in [0.25, 0.3) is 0 Å². The zero-order valence-electron chi connectivity index (χ0n) is 17.2. The molecule has 152 valence electrons. The summed E-state index contributed by atoms with van der Waals surface area (Å²) in [5.41, 5.74) is 10.2. The van der Waals surface area contributed by atoms with Gasteiger partial charge in [-0.15, -0.1) is 0 Å². The first-order chi connectivity index (χ1) is 14.2. The number of hydrogen-bond acceptors (Lipinski definition) is 2. The fourth-order valence-electron chi connectivity index (χ4n) is 3.43. The summed E-state index contributed by atoms with van der Waals surface area (Å²) in [5, 5.41) is 0. The molecule has 2 N–H and O–H groups in total. The Morgan fingerprint density at radius 3 is 2.14 bits per heavy atom. The van der Waals surface area contributed by atoms with Crippen LogP contribution in [0.5, 0.6) is 5.75 Å². The third kappa shape index (κ3) is 5.91. The summed E-state index contributed by atoms with van der Waals surface area (Å²) >= 11 is 0. The van der Waals surface area contributed by atoms with Crippen LogP contribution in [0.3, 0.4) is 0 Å². The number of hydrogen-bond donors (Lipinski definition) is 1. The first kappa shape index (κ1) is 21.1. The van der Waals surface area contributed by atoms with Gasteiger partial charge in [-0.3, -0.25) is 0 Å². The van der Waals surface area contributed by atoms with Gasteiger partial charge in [0.05, 0.1) is 6.61 Å². The van der Waals surface area contributed by atoms with Gasteiger partial charge in [-0.25, -0.2) is 4.39 Å². The lowest BCUT2D eigenvalue weighted by molar-refractivity contribution is 0.306. The molecule has 2 nitrogen and oxygen atoms in total. The molecule has 0 aromatic heterocycles. The van der Waals surface area contributed by atoms with Crippen LogP contribution in [0, 0.1) is 5.82 Å². The Balaban J connectivity index is 1.66. The molecule has 0 heterocycles. The molecule has 3 heteroatoms. The third-order valence-electron chi connectivity index (χ3n) is 5.08. The quantitative estimate of drug-likeness (QED) is 0.394. The van der Waals surface area contributed by atoms with E-state index in [1.54, 1.807) is 6.07 Å². The van der Waals surface area contributed by atoms with E-state index < -0.39 is 0 Å². The molecular formula is C26H30FNO. The Labute approximate surface area is 173 Å². The number of ether oxygens (including phenoxy) is 1. The predicted molar refractivity (Wildman–Crippen MR) is 120 cm³/mol. The van der Waals surface area contributed by atoms with Gasteiger partial charge in [0, 0.05) is 5.56 Å².